The van der Waals surface area contributed by atoms with Gasteiger partial charge in [0.05, 0.1) is 0 Å². The molecule has 2 aromatic rings. The molecule has 1 aromatic heterocycles. The van der Waals surface area contributed by atoms with Crippen LogP contribution < -0.4 is 5.73 Å². The molecule has 1 heterocycles. The van der Waals surface area contributed by atoms with Crippen molar-refractivity contribution in [2.75, 3.05) is 5.73 Å². The third kappa shape index (κ3) is 3.43. The van der Waals surface area contributed by atoms with E-state index in [0.717, 1.165) is 26.0 Å². The predicted octanol–water partition coefficient (Wildman–Crippen LogP) is 4.15. The van der Waals surface area contributed by atoms with Crippen LogP contribution in [0.1, 0.15) is 25.5 Å². The molecule has 0 aliphatic heterocycles. The molecule has 2 N–H and O–H groups in total. The van der Waals surface area contributed by atoms with E-state index in [4.69, 9.17) is 17.3 Å². The molecule has 0 saturated carbocycles. The first-order chi connectivity index (χ1) is 8.99. The van der Waals surface area contributed by atoms with Crippen LogP contribution in [0.2, 0.25) is 5.02 Å². The van der Waals surface area contributed by atoms with Gasteiger partial charge in [-0.05, 0) is 31.5 Å². The summed E-state index contributed by atoms with van der Waals surface area (Å²) in [7, 11) is 0. The first-order valence-electron chi connectivity index (χ1n) is 5.76. The molecule has 0 atom stereocenters. The van der Waals surface area contributed by atoms with Gasteiger partial charge >= 0.3 is 0 Å². The second kappa shape index (κ2) is 6.15. The molecule has 7 heteroatoms. The second-order valence-corrected chi connectivity index (χ2v) is 6.59. The Labute approximate surface area is 129 Å². The molecular weight excluding hydrogens is 348 g/mol. The fraction of sp³-hybridized carbons (Fsp3) is 0.333. The van der Waals surface area contributed by atoms with Gasteiger partial charge in [0.2, 0.25) is 5.95 Å². The first-order valence-corrected chi connectivity index (χ1v) is 7.91. The van der Waals surface area contributed by atoms with Crippen LogP contribution >= 0.6 is 39.3 Å². The minimum Gasteiger partial charge on any atom is -0.368 e. The fourth-order valence-electron chi connectivity index (χ4n) is 1.65. The smallest absolute Gasteiger partial charge is 0.222 e. The molecule has 1 aromatic carbocycles. The van der Waals surface area contributed by atoms with E-state index in [9.17, 15) is 0 Å². The number of hydrogen-bond donors (Lipinski definition) is 1. The minimum absolute atomic E-state index is 0.234. The van der Waals surface area contributed by atoms with Crippen LogP contribution in [-0.4, -0.2) is 14.8 Å². The average molecular weight is 362 g/mol. The highest BCUT2D eigenvalue weighted by Crippen LogP contribution is 2.29. The number of benzene rings is 1. The van der Waals surface area contributed by atoms with Crippen molar-refractivity contribution in [1.82, 2.24) is 14.8 Å². The lowest BCUT2D eigenvalue weighted by molar-refractivity contribution is 0.557. The van der Waals surface area contributed by atoms with E-state index >= 15 is 0 Å². The zero-order valence-corrected chi connectivity index (χ0v) is 13.8. The van der Waals surface area contributed by atoms with Crippen molar-refractivity contribution in [2.45, 2.75) is 30.8 Å². The Morgan fingerprint density at radius 2 is 2.16 bits per heavy atom. The van der Waals surface area contributed by atoms with Crippen LogP contribution in [0, 0.1) is 0 Å². The molecule has 2 rings (SSSR count). The number of thioether (sulfide) groups is 1. The highest BCUT2D eigenvalue weighted by atomic mass is 79.9. The molecule has 19 heavy (non-hydrogen) atoms. The normalized spacial score (nSPS) is 11.2. The third-order valence-electron chi connectivity index (χ3n) is 2.58. The van der Waals surface area contributed by atoms with Gasteiger partial charge in [0, 0.05) is 21.3 Å². The van der Waals surface area contributed by atoms with Crippen LogP contribution in [0.4, 0.5) is 5.95 Å². The minimum atomic E-state index is 0.234. The Morgan fingerprint density at radius 3 is 2.79 bits per heavy atom. The molecule has 0 unspecified atom stereocenters. The van der Waals surface area contributed by atoms with E-state index in [1.165, 1.54) is 0 Å². The quantitative estimate of drug-likeness (QED) is 0.831. The molecule has 0 fully saturated rings. The van der Waals surface area contributed by atoms with E-state index in [1.54, 1.807) is 11.8 Å². The van der Waals surface area contributed by atoms with Crippen molar-refractivity contribution >= 4 is 45.2 Å². The molecule has 0 aliphatic rings. The maximum atomic E-state index is 6.19. The number of nitrogen functional groups attached to an aromatic ring is 1. The highest BCUT2D eigenvalue weighted by Gasteiger charge is 2.13. The van der Waals surface area contributed by atoms with Gasteiger partial charge in [0.1, 0.15) is 0 Å². The Balaban J connectivity index is 2.15. The van der Waals surface area contributed by atoms with E-state index < -0.39 is 0 Å². The lowest BCUT2D eigenvalue weighted by atomic mass is 10.2. The number of aromatic nitrogens is 3. The number of rotatable bonds is 4. The summed E-state index contributed by atoms with van der Waals surface area (Å²) >= 11 is 11.2. The topological polar surface area (TPSA) is 56.7 Å². The van der Waals surface area contributed by atoms with Crippen molar-refractivity contribution in [1.29, 1.82) is 0 Å². The van der Waals surface area contributed by atoms with Crippen molar-refractivity contribution in [2.24, 2.45) is 0 Å². The van der Waals surface area contributed by atoms with Gasteiger partial charge in [-0.1, -0.05) is 45.4 Å². The monoisotopic (exact) mass is 360 g/mol. The van der Waals surface area contributed by atoms with Gasteiger partial charge < -0.3 is 5.73 Å². The lowest BCUT2D eigenvalue weighted by Crippen LogP contribution is -2.07. The van der Waals surface area contributed by atoms with Crippen LogP contribution in [0.15, 0.2) is 27.8 Å². The van der Waals surface area contributed by atoms with Crippen LogP contribution in [-0.2, 0) is 5.75 Å². The second-order valence-electron chi connectivity index (χ2n) is 4.33. The summed E-state index contributed by atoms with van der Waals surface area (Å²) in [4.78, 5) is 0. The molecule has 0 saturated heterocycles. The molecule has 0 bridgehead atoms. The first kappa shape index (κ1) is 14.7. The zero-order valence-electron chi connectivity index (χ0n) is 10.6. The van der Waals surface area contributed by atoms with E-state index in [2.05, 4.69) is 40.0 Å². The van der Waals surface area contributed by atoms with Gasteiger partial charge in [-0.15, -0.1) is 10.2 Å². The summed E-state index contributed by atoms with van der Waals surface area (Å²) in [5.74, 6) is 1.18. The molecule has 0 aliphatic carbocycles. The lowest BCUT2D eigenvalue weighted by Gasteiger charge is -2.11. The summed E-state index contributed by atoms with van der Waals surface area (Å²) < 4.78 is 2.89. The number of anilines is 1. The molecule has 0 radical (unpaired) electrons. The standard InChI is InChI=1S/C12H14BrClN4S/c1-7(2)18-11(15)16-17-12(18)19-6-8-3-4-9(13)5-10(8)14/h3-5,7H,6H2,1-2H3,(H2,15,16). The van der Waals surface area contributed by atoms with Gasteiger partial charge in [0.25, 0.3) is 0 Å². The van der Waals surface area contributed by atoms with Crippen LogP contribution in [0.5, 0.6) is 0 Å². The van der Waals surface area contributed by atoms with Crippen molar-refractivity contribution in [3.05, 3.63) is 33.3 Å². The largest absolute Gasteiger partial charge is 0.368 e. The Bertz CT molecular complexity index is 585. The molecule has 0 amide bonds. The summed E-state index contributed by atoms with van der Waals surface area (Å²) in [6.45, 7) is 4.10. The summed E-state index contributed by atoms with van der Waals surface area (Å²) in [6.07, 6.45) is 0. The molecule has 4 nitrogen and oxygen atoms in total. The number of nitrogens with zero attached hydrogens (tertiary/aromatic N) is 3. The summed E-state index contributed by atoms with van der Waals surface area (Å²) in [5, 5.41) is 9.57. The molecule has 0 spiro atoms. The maximum Gasteiger partial charge on any atom is 0.222 e. The van der Waals surface area contributed by atoms with Crippen molar-refractivity contribution in [3.63, 3.8) is 0 Å². The Hall–Kier alpha value is -0.720. The summed E-state index contributed by atoms with van der Waals surface area (Å²) in [5.41, 5.74) is 6.87. The van der Waals surface area contributed by atoms with E-state index in [0.29, 0.717) is 5.95 Å². The molecule has 102 valence electrons. The number of hydrogen-bond acceptors (Lipinski definition) is 4. The number of nitrogens with two attached hydrogens (primary N) is 1. The van der Waals surface area contributed by atoms with Gasteiger partial charge in [-0.2, -0.15) is 0 Å². The SMILES string of the molecule is CC(C)n1c(N)nnc1SCc1ccc(Br)cc1Cl. The van der Waals surface area contributed by atoms with Gasteiger partial charge in [-0.3, -0.25) is 4.57 Å². The van der Waals surface area contributed by atoms with Crippen LogP contribution in [0.3, 0.4) is 0 Å². The fourth-order valence-corrected chi connectivity index (χ4v) is 3.55. The predicted molar refractivity (Wildman–Crippen MR) is 83.5 cm³/mol. The average Bonchev–Trinajstić information content (AvgIpc) is 2.69. The van der Waals surface area contributed by atoms with E-state index in [1.807, 2.05) is 22.8 Å². The van der Waals surface area contributed by atoms with Gasteiger partial charge in [0.15, 0.2) is 5.16 Å². The third-order valence-corrected chi connectivity index (χ3v) is 4.42. The number of halogens is 2. The zero-order chi connectivity index (χ0) is 14.0. The maximum absolute atomic E-state index is 6.19. The van der Waals surface area contributed by atoms with E-state index in [-0.39, 0.29) is 6.04 Å². The Morgan fingerprint density at radius 1 is 1.42 bits per heavy atom. The van der Waals surface area contributed by atoms with Crippen molar-refractivity contribution < 1.29 is 0 Å². The van der Waals surface area contributed by atoms with Crippen LogP contribution in [0.25, 0.3) is 0 Å². The summed E-state index contributed by atoms with van der Waals surface area (Å²) in [6, 6.07) is 6.10. The Kier molecular flexibility index (Phi) is 4.76. The van der Waals surface area contributed by atoms with Gasteiger partial charge in [-0.25, -0.2) is 0 Å². The van der Waals surface area contributed by atoms with Crippen molar-refractivity contribution in [3.8, 4) is 0 Å². The highest BCUT2D eigenvalue weighted by molar-refractivity contribution is 9.10. The molecular formula is C12H14BrClN4S.